The number of nitrogens with zero attached hydrogens (tertiary/aromatic N) is 6. The third-order valence-electron chi connectivity index (χ3n) is 4.63. The van der Waals surface area contributed by atoms with Crippen molar-refractivity contribution in [3.63, 3.8) is 0 Å². The standard InChI is InChI=1S/C17H26N6O/c1-4-23-13-15(11-18-23)12-21-6-5-7-22(9-8-21)17(24)16-10-14(2)20(3)19-16/h10-11,13H,4-9,12H2,1-3H3. The first-order chi connectivity index (χ1) is 11.6. The van der Waals surface area contributed by atoms with Gasteiger partial charge in [0.25, 0.3) is 5.91 Å². The number of aryl methyl sites for hydroxylation is 3. The van der Waals surface area contributed by atoms with Gasteiger partial charge in [-0.05, 0) is 26.3 Å². The van der Waals surface area contributed by atoms with Gasteiger partial charge in [-0.1, -0.05) is 0 Å². The van der Waals surface area contributed by atoms with Gasteiger partial charge in [0.05, 0.1) is 6.20 Å². The maximum Gasteiger partial charge on any atom is 0.274 e. The second kappa shape index (κ2) is 7.17. The molecule has 1 aliphatic rings. The summed E-state index contributed by atoms with van der Waals surface area (Å²) < 4.78 is 3.70. The fraction of sp³-hybridized carbons (Fsp3) is 0.588. The van der Waals surface area contributed by atoms with E-state index in [1.165, 1.54) is 5.56 Å². The molecule has 7 heteroatoms. The van der Waals surface area contributed by atoms with Crippen molar-refractivity contribution in [2.24, 2.45) is 7.05 Å². The first-order valence-electron chi connectivity index (χ1n) is 8.60. The van der Waals surface area contributed by atoms with Crippen LogP contribution in [0.4, 0.5) is 0 Å². The molecule has 24 heavy (non-hydrogen) atoms. The van der Waals surface area contributed by atoms with Crippen LogP contribution >= 0.6 is 0 Å². The highest BCUT2D eigenvalue weighted by molar-refractivity contribution is 5.92. The Labute approximate surface area is 142 Å². The van der Waals surface area contributed by atoms with Gasteiger partial charge < -0.3 is 4.90 Å². The molecule has 2 aromatic heterocycles. The van der Waals surface area contributed by atoms with E-state index in [-0.39, 0.29) is 5.91 Å². The minimum atomic E-state index is 0.0411. The Morgan fingerprint density at radius 1 is 1.25 bits per heavy atom. The molecule has 1 saturated heterocycles. The van der Waals surface area contributed by atoms with Crippen LogP contribution in [0.1, 0.15) is 35.1 Å². The van der Waals surface area contributed by atoms with Crippen molar-refractivity contribution >= 4 is 5.91 Å². The minimum Gasteiger partial charge on any atom is -0.336 e. The van der Waals surface area contributed by atoms with Crippen LogP contribution in [0.15, 0.2) is 18.5 Å². The summed E-state index contributed by atoms with van der Waals surface area (Å²) in [5.41, 5.74) is 2.78. The zero-order chi connectivity index (χ0) is 17.1. The number of hydrogen-bond acceptors (Lipinski definition) is 4. The van der Waals surface area contributed by atoms with Crippen molar-refractivity contribution in [2.45, 2.75) is 33.4 Å². The number of carbonyl (C=O) groups is 1. The number of amides is 1. The molecular weight excluding hydrogens is 304 g/mol. The molecule has 1 aliphatic heterocycles. The molecule has 2 aromatic rings. The molecule has 3 heterocycles. The van der Waals surface area contributed by atoms with E-state index in [4.69, 9.17) is 0 Å². The van der Waals surface area contributed by atoms with E-state index >= 15 is 0 Å². The minimum absolute atomic E-state index is 0.0411. The third-order valence-corrected chi connectivity index (χ3v) is 4.63. The van der Waals surface area contributed by atoms with Gasteiger partial charge in [-0.25, -0.2) is 0 Å². The van der Waals surface area contributed by atoms with Gasteiger partial charge in [0, 0.05) is 63.8 Å². The molecule has 0 aromatic carbocycles. The second-order valence-corrected chi connectivity index (χ2v) is 6.42. The van der Waals surface area contributed by atoms with Crippen LogP contribution in [0.25, 0.3) is 0 Å². The van der Waals surface area contributed by atoms with E-state index < -0.39 is 0 Å². The third kappa shape index (κ3) is 3.67. The monoisotopic (exact) mass is 330 g/mol. The molecule has 1 fully saturated rings. The lowest BCUT2D eigenvalue weighted by Gasteiger charge is -2.21. The van der Waals surface area contributed by atoms with Crippen LogP contribution < -0.4 is 0 Å². The summed E-state index contributed by atoms with van der Waals surface area (Å²) in [4.78, 5) is 17.0. The molecular formula is C17H26N6O. The molecule has 0 spiro atoms. The van der Waals surface area contributed by atoms with Crippen molar-refractivity contribution in [1.82, 2.24) is 29.4 Å². The number of rotatable bonds is 4. The van der Waals surface area contributed by atoms with E-state index in [1.54, 1.807) is 4.68 Å². The summed E-state index contributed by atoms with van der Waals surface area (Å²) >= 11 is 0. The van der Waals surface area contributed by atoms with Gasteiger partial charge in [-0.2, -0.15) is 10.2 Å². The quantitative estimate of drug-likeness (QED) is 0.848. The van der Waals surface area contributed by atoms with Gasteiger partial charge in [0.15, 0.2) is 5.69 Å². The average molecular weight is 330 g/mol. The average Bonchev–Trinajstić information content (AvgIpc) is 3.07. The number of aromatic nitrogens is 4. The number of carbonyl (C=O) groups excluding carboxylic acids is 1. The summed E-state index contributed by atoms with van der Waals surface area (Å²) in [6.45, 7) is 9.26. The molecule has 7 nitrogen and oxygen atoms in total. The summed E-state index contributed by atoms with van der Waals surface area (Å²) in [7, 11) is 1.87. The lowest BCUT2D eigenvalue weighted by atomic mass is 10.3. The first-order valence-corrected chi connectivity index (χ1v) is 8.60. The van der Waals surface area contributed by atoms with Crippen LogP contribution in [0.2, 0.25) is 0 Å². The second-order valence-electron chi connectivity index (χ2n) is 6.42. The van der Waals surface area contributed by atoms with E-state index in [9.17, 15) is 4.79 Å². The molecule has 0 saturated carbocycles. The van der Waals surface area contributed by atoms with Crippen molar-refractivity contribution in [3.8, 4) is 0 Å². The topological polar surface area (TPSA) is 59.2 Å². The molecule has 0 atom stereocenters. The summed E-state index contributed by atoms with van der Waals surface area (Å²) in [6, 6.07) is 1.87. The van der Waals surface area contributed by atoms with Crippen LogP contribution in [0, 0.1) is 6.92 Å². The van der Waals surface area contributed by atoms with Crippen LogP contribution in [-0.2, 0) is 20.1 Å². The highest BCUT2D eigenvalue weighted by Crippen LogP contribution is 2.12. The molecule has 0 radical (unpaired) electrons. The van der Waals surface area contributed by atoms with E-state index in [1.807, 2.05) is 35.8 Å². The Bertz CT molecular complexity index is 684. The van der Waals surface area contributed by atoms with Gasteiger partial charge in [-0.15, -0.1) is 0 Å². The molecule has 0 aliphatic carbocycles. The highest BCUT2D eigenvalue weighted by Gasteiger charge is 2.22. The van der Waals surface area contributed by atoms with E-state index in [2.05, 4.69) is 28.2 Å². The SMILES string of the molecule is CCn1cc(CN2CCCN(C(=O)c3cc(C)n(C)n3)CC2)cn1. The molecule has 1 amide bonds. The molecule has 0 N–H and O–H groups in total. The Hall–Kier alpha value is -2.15. The van der Waals surface area contributed by atoms with E-state index in [0.29, 0.717) is 5.69 Å². The Morgan fingerprint density at radius 3 is 2.75 bits per heavy atom. The maximum atomic E-state index is 12.6. The van der Waals surface area contributed by atoms with Crippen LogP contribution in [0.5, 0.6) is 0 Å². The lowest BCUT2D eigenvalue weighted by molar-refractivity contribution is 0.0754. The van der Waals surface area contributed by atoms with Crippen LogP contribution in [-0.4, -0.2) is 61.4 Å². The maximum absolute atomic E-state index is 12.6. The fourth-order valence-electron chi connectivity index (χ4n) is 3.08. The lowest BCUT2D eigenvalue weighted by Crippen LogP contribution is -2.35. The van der Waals surface area contributed by atoms with Crippen LogP contribution in [0.3, 0.4) is 0 Å². The zero-order valence-electron chi connectivity index (χ0n) is 14.8. The molecule has 0 bridgehead atoms. The predicted octanol–water partition coefficient (Wildman–Crippen LogP) is 1.29. The smallest absolute Gasteiger partial charge is 0.274 e. The van der Waals surface area contributed by atoms with Crippen molar-refractivity contribution < 1.29 is 4.79 Å². The van der Waals surface area contributed by atoms with E-state index in [0.717, 1.165) is 51.4 Å². The highest BCUT2D eigenvalue weighted by atomic mass is 16.2. The van der Waals surface area contributed by atoms with Gasteiger partial charge in [0.1, 0.15) is 0 Å². The summed E-state index contributed by atoms with van der Waals surface area (Å²) in [5, 5.41) is 8.65. The van der Waals surface area contributed by atoms with Crippen molar-refractivity contribution in [1.29, 1.82) is 0 Å². The van der Waals surface area contributed by atoms with Gasteiger partial charge in [0.2, 0.25) is 0 Å². The zero-order valence-corrected chi connectivity index (χ0v) is 14.8. The summed E-state index contributed by atoms with van der Waals surface area (Å²) in [6.07, 6.45) is 5.03. The Balaban J connectivity index is 1.59. The van der Waals surface area contributed by atoms with Crippen molar-refractivity contribution in [2.75, 3.05) is 26.2 Å². The molecule has 3 rings (SSSR count). The molecule has 130 valence electrons. The normalized spacial score (nSPS) is 16.4. The summed E-state index contributed by atoms with van der Waals surface area (Å²) in [5.74, 6) is 0.0411. The Kier molecular flexibility index (Phi) is 4.99. The molecule has 0 unspecified atom stereocenters. The Morgan fingerprint density at radius 2 is 2.08 bits per heavy atom. The van der Waals surface area contributed by atoms with Gasteiger partial charge >= 0.3 is 0 Å². The van der Waals surface area contributed by atoms with Gasteiger partial charge in [-0.3, -0.25) is 19.1 Å². The largest absolute Gasteiger partial charge is 0.336 e. The van der Waals surface area contributed by atoms with Crippen molar-refractivity contribution in [3.05, 3.63) is 35.4 Å². The number of hydrogen-bond donors (Lipinski definition) is 0. The fourth-order valence-corrected chi connectivity index (χ4v) is 3.08. The predicted molar refractivity (Wildman–Crippen MR) is 91.6 cm³/mol. The first kappa shape index (κ1) is 16.7.